The quantitative estimate of drug-likeness (QED) is 0.689. The molecule has 2 rings (SSSR count). The van der Waals surface area contributed by atoms with Gasteiger partial charge in [0.1, 0.15) is 0 Å². The van der Waals surface area contributed by atoms with Crippen molar-refractivity contribution in [2.24, 2.45) is 5.92 Å². The summed E-state index contributed by atoms with van der Waals surface area (Å²) in [4.78, 5) is 0. The van der Waals surface area contributed by atoms with Crippen LogP contribution < -0.4 is 0 Å². The number of sulfonamides is 1. The molecule has 0 aromatic carbocycles. The SMILES string of the molecule is C=CC(C1CC1)S(=O)(=O)N1CCCCC1. The molecular formula is C11H19NO2S. The predicted octanol–water partition coefficient (Wildman–Crippen LogP) is 1.77. The highest BCUT2D eigenvalue weighted by atomic mass is 32.2. The number of nitrogens with zero attached hydrogens (tertiary/aromatic N) is 1. The van der Waals surface area contributed by atoms with Gasteiger partial charge < -0.3 is 0 Å². The van der Waals surface area contributed by atoms with Crippen LogP contribution >= 0.6 is 0 Å². The maximum absolute atomic E-state index is 12.3. The van der Waals surface area contributed by atoms with Crippen molar-refractivity contribution in [3.63, 3.8) is 0 Å². The summed E-state index contributed by atoms with van der Waals surface area (Å²) in [5.74, 6) is 0.342. The third kappa shape index (κ3) is 2.26. The molecule has 15 heavy (non-hydrogen) atoms. The van der Waals surface area contributed by atoms with Gasteiger partial charge in [0.2, 0.25) is 10.0 Å². The predicted molar refractivity (Wildman–Crippen MR) is 61.1 cm³/mol. The van der Waals surface area contributed by atoms with Crippen LogP contribution in [0.3, 0.4) is 0 Å². The Hall–Kier alpha value is -0.350. The van der Waals surface area contributed by atoms with Crippen LogP contribution in [-0.2, 0) is 10.0 Å². The zero-order valence-corrected chi connectivity index (χ0v) is 9.88. The lowest BCUT2D eigenvalue weighted by molar-refractivity contribution is 0.343. The Labute approximate surface area is 92.2 Å². The van der Waals surface area contributed by atoms with Gasteiger partial charge in [-0.25, -0.2) is 12.7 Å². The first-order chi connectivity index (χ1) is 7.16. The lowest BCUT2D eigenvalue weighted by Gasteiger charge is -2.29. The van der Waals surface area contributed by atoms with Gasteiger partial charge >= 0.3 is 0 Å². The number of piperidine rings is 1. The second-order valence-electron chi connectivity index (χ2n) is 4.54. The molecule has 1 atom stereocenters. The van der Waals surface area contributed by atoms with E-state index < -0.39 is 10.0 Å². The Morgan fingerprint density at radius 1 is 1.20 bits per heavy atom. The normalized spacial score (nSPS) is 26.1. The first kappa shape index (κ1) is 11.1. The number of hydrogen-bond donors (Lipinski definition) is 0. The molecule has 0 amide bonds. The monoisotopic (exact) mass is 229 g/mol. The van der Waals surface area contributed by atoms with Gasteiger partial charge in [-0.3, -0.25) is 0 Å². The van der Waals surface area contributed by atoms with Crippen LogP contribution in [0.5, 0.6) is 0 Å². The summed E-state index contributed by atoms with van der Waals surface area (Å²) in [5.41, 5.74) is 0. The zero-order chi connectivity index (χ0) is 10.9. The molecule has 1 unspecified atom stereocenters. The molecule has 0 bridgehead atoms. The van der Waals surface area contributed by atoms with Gasteiger partial charge in [0.25, 0.3) is 0 Å². The second-order valence-corrected chi connectivity index (χ2v) is 6.63. The molecule has 4 heteroatoms. The van der Waals surface area contributed by atoms with Crippen LogP contribution in [0.1, 0.15) is 32.1 Å². The molecular weight excluding hydrogens is 210 g/mol. The smallest absolute Gasteiger partial charge is 0.212 e. The average molecular weight is 229 g/mol. The third-order valence-electron chi connectivity index (χ3n) is 3.34. The lowest BCUT2D eigenvalue weighted by atomic mass is 10.2. The molecule has 1 saturated carbocycles. The molecule has 0 N–H and O–H groups in total. The first-order valence-electron chi connectivity index (χ1n) is 5.78. The maximum Gasteiger partial charge on any atom is 0.220 e. The standard InChI is InChI=1S/C11H19NO2S/c1-2-11(10-6-7-10)15(13,14)12-8-4-3-5-9-12/h2,10-11H,1,3-9H2. The average Bonchev–Trinajstić information content (AvgIpc) is 3.04. The van der Waals surface area contributed by atoms with Crippen molar-refractivity contribution in [2.75, 3.05) is 13.1 Å². The fraction of sp³-hybridized carbons (Fsp3) is 0.818. The highest BCUT2D eigenvalue weighted by molar-refractivity contribution is 7.89. The molecule has 0 spiro atoms. The van der Waals surface area contributed by atoms with E-state index in [4.69, 9.17) is 0 Å². The van der Waals surface area contributed by atoms with Gasteiger partial charge in [-0.05, 0) is 31.6 Å². The molecule has 0 aromatic rings. The van der Waals surface area contributed by atoms with E-state index >= 15 is 0 Å². The van der Waals surface area contributed by atoms with E-state index in [9.17, 15) is 8.42 Å². The largest absolute Gasteiger partial charge is 0.220 e. The molecule has 1 aliphatic heterocycles. The fourth-order valence-corrected chi connectivity index (χ4v) is 4.39. The number of hydrogen-bond acceptors (Lipinski definition) is 2. The van der Waals surface area contributed by atoms with Crippen molar-refractivity contribution < 1.29 is 8.42 Å². The van der Waals surface area contributed by atoms with Crippen LogP contribution in [-0.4, -0.2) is 31.1 Å². The highest BCUT2D eigenvalue weighted by Gasteiger charge is 2.41. The molecule has 1 aliphatic carbocycles. The molecule has 2 aliphatic rings. The summed E-state index contributed by atoms with van der Waals surface area (Å²) in [6, 6.07) is 0. The molecule has 0 aromatic heterocycles. The van der Waals surface area contributed by atoms with Crippen LogP contribution in [0.25, 0.3) is 0 Å². The van der Waals surface area contributed by atoms with E-state index in [0.29, 0.717) is 19.0 Å². The number of rotatable bonds is 4. The maximum atomic E-state index is 12.3. The molecule has 0 radical (unpaired) electrons. The van der Waals surface area contributed by atoms with Crippen LogP contribution in [0, 0.1) is 5.92 Å². The Morgan fingerprint density at radius 2 is 1.80 bits per heavy atom. The summed E-state index contributed by atoms with van der Waals surface area (Å²) in [6.45, 7) is 5.09. The first-order valence-corrected chi connectivity index (χ1v) is 7.28. The van der Waals surface area contributed by atoms with E-state index in [1.165, 1.54) is 0 Å². The Morgan fingerprint density at radius 3 is 2.27 bits per heavy atom. The molecule has 3 nitrogen and oxygen atoms in total. The topological polar surface area (TPSA) is 37.4 Å². The van der Waals surface area contributed by atoms with Gasteiger partial charge in [-0.15, -0.1) is 6.58 Å². The van der Waals surface area contributed by atoms with E-state index in [1.807, 2.05) is 0 Å². The summed E-state index contributed by atoms with van der Waals surface area (Å²) >= 11 is 0. The van der Waals surface area contributed by atoms with Gasteiger partial charge in [0, 0.05) is 13.1 Å². The fourth-order valence-electron chi connectivity index (χ4n) is 2.27. The highest BCUT2D eigenvalue weighted by Crippen LogP contribution is 2.38. The molecule has 86 valence electrons. The Kier molecular flexibility index (Phi) is 3.16. The molecule has 2 fully saturated rings. The minimum atomic E-state index is -3.10. The summed E-state index contributed by atoms with van der Waals surface area (Å²) < 4.78 is 26.2. The molecule has 1 saturated heterocycles. The van der Waals surface area contributed by atoms with Crippen LogP contribution in [0.15, 0.2) is 12.7 Å². The summed E-state index contributed by atoms with van der Waals surface area (Å²) in [5, 5.41) is -0.324. The van der Waals surface area contributed by atoms with E-state index in [-0.39, 0.29) is 5.25 Å². The van der Waals surface area contributed by atoms with Crippen molar-refractivity contribution in [1.82, 2.24) is 4.31 Å². The van der Waals surface area contributed by atoms with Gasteiger partial charge in [0.15, 0.2) is 0 Å². The Balaban J connectivity index is 2.12. The van der Waals surface area contributed by atoms with Gasteiger partial charge in [-0.2, -0.15) is 0 Å². The zero-order valence-electron chi connectivity index (χ0n) is 9.06. The molecule has 1 heterocycles. The second kappa shape index (κ2) is 4.26. The minimum Gasteiger partial charge on any atom is -0.212 e. The van der Waals surface area contributed by atoms with Gasteiger partial charge in [0.05, 0.1) is 5.25 Å². The summed E-state index contributed by atoms with van der Waals surface area (Å²) in [7, 11) is -3.10. The van der Waals surface area contributed by atoms with Crippen molar-refractivity contribution in [3.8, 4) is 0 Å². The van der Waals surface area contributed by atoms with Crippen LogP contribution in [0.2, 0.25) is 0 Å². The minimum absolute atomic E-state index is 0.324. The van der Waals surface area contributed by atoms with Crippen LogP contribution in [0.4, 0.5) is 0 Å². The Bertz CT molecular complexity index is 326. The van der Waals surface area contributed by atoms with Crippen molar-refractivity contribution in [3.05, 3.63) is 12.7 Å². The van der Waals surface area contributed by atoms with E-state index in [1.54, 1.807) is 10.4 Å². The third-order valence-corrected chi connectivity index (χ3v) is 5.69. The van der Waals surface area contributed by atoms with Gasteiger partial charge in [-0.1, -0.05) is 12.5 Å². The van der Waals surface area contributed by atoms with E-state index in [0.717, 1.165) is 32.1 Å². The summed E-state index contributed by atoms with van der Waals surface area (Å²) in [6.07, 6.45) is 6.89. The van der Waals surface area contributed by atoms with Crippen molar-refractivity contribution >= 4 is 10.0 Å². The van der Waals surface area contributed by atoms with Crippen molar-refractivity contribution in [2.45, 2.75) is 37.4 Å². The van der Waals surface area contributed by atoms with E-state index in [2.05, 4.69) is 6.58 Å². The lowest BCUT2D eigenvalue weighted by Crippen LogP contribution is -2.41. The van der Waals surface area contributed by atoms with Crippen molar-refractivity contribution in [1.29, 1.82) is 0 Å².